The van der Waals surface area contributed by atoms with Crippen molar-refractivity contribution in [1.29, 1.82) is 0 Å². The Balaban J connectivity index is 3.44. The van der Waals surface area contributed by atoms with Gasteiger partial charge in [0.15, 0.2) is 0 Å². The highest BCUT2D eigenvalue weighted by atomic mass is 17.2. The van der Waals surface area contributed by atoms with E-state index in [-0.39, 0.29) is 32.0 Å². The first-order valence-corrected chi connectivity index (χ1v) is 6.05. The topological polar surface area (TPSA) is 82.1 Å². The predicted octanol–water partition coefficient (Wildman–Crippen LogP) is 1.92. The Morgan fingerprint density at radius 1 is 1.11 bits per heavy atom. The zero-order valence-electron chi connectivity index (χ0n) is 11.2. The summed E-state index contributed by atoms with van der Waals surface area (Å²) >= 11 is 0. The van der Waals surface area contributed by atoms with Crippen LogP contribution in [0.1, 0.15) is 46.5 Å². The number of carboxylic acids is 1. The van der Waals surface area contributed by atoms with Crippen LogP contribution in [0.3, 0.4) is 0 Å². The van der Waals surface area contributed by atoms with Crippen molar-refractivity contribution in [2.75, 3.05) is 13.2 Å². The Bertz CT molecular complexity index is 261. The van der Waals surface area contributed by atoms with E-state index in [1.165, 1.54) is 0 Å². The van der Waals surface area contributed by atoms with E-state index in [1.54, 1.807) is 0 Å². The summed E-state index contributed by atoms with van der Waals surface area (Å²) in [5.41, 5.74) is -0.435. The van der Waals surface area contributed by atoms with Crippen LogP contribution in [-0.4, -0.2) is 35.9 Å². The molecule has 0 heterocycles. The maximum absolute atomic E-state index is 11.4. The Kier molecular flexibility index (Phi) is 8.32. The van der Waals surface area contributed by atoms with Crippen molar-refractivity contribution in [1.82, 2.24) is 0 Å². The number of carboxylic acid groups (broad SMARTS) is 1. The zero-order chi connectivity index (χ0) is 14.0. The van der Waals surface area contributed by atoms with Crippen LogP contribution in [0, 0.1) is 0 Å². The first-order valence-electron chi connectivity index (χ1n) is 6.05. The van der Waals surface area contributed by atoms with Gasteiger partial charge < -0.3 is 9.84 Å². The van der Waals surface area contributed by atoms with Crippen LogP contribution in [0.25, 0.3) is 0 Å². The summed E-state index contributed by atoms with van der Waals surface area (Å²) in [6.45, 7) is 5.91. The summed E-state index contributed by atoms with van der Waals surface area (Å²) in [5, 5.41) is 8.32. The van der Waals surface area contributed by atoms with Crippen LogP contribution in [-0.2, 0) is 24.1 Å². The summed E-state index contributed by atoms with van der Waals surface area (Å²) in [7, 11) is 0. The van der Waals surface area contributed by atoms with Gasteiger partial charge in [-0.15, -0.1) is 0 Å². The van der Waals surface area contributed by atoms with Crippen molar-refractivity contribution in [2.45, 2.75) is 52.1 Å². The van der Waals surface area contributed by atoms with E-state index >= 15 is 0 Å². The monoisotopic (exact) mass is 262 g/mol. The van der Waals surface area contributed by atoms with Gasteiger partial charge in [-0.05, 0) is 26.7 Å². The number of ether oxygens (including phenoxy) is 1. The summed E-state index contributed by atoms with van der Waals surface area (Å²) in [6.07, 6.45) is 1.39. The molecule has 6 nitrogen and oxygen atoms in total. The molecule has 0 aromatic rings. The van der Waals surface area contributed by atoms with Crippen LogP contribution >= 0.6 is 0 Å². The normalized spacial score (nSPS) is 11.3. The van der Waals surface area contributed by atoms with Crippen LogP contribution < -0.4 is 0 Å². The van der Waals surface area contributed by atoms with Crippen molar-refractivity contribution in [3.63, 3.8) is 0 Å². The fourth-order valence-corrected chi connectivity index (χ4v) is 0.954. The maximum atomic E-state index is 11.4. The first-order chi connectivity index (χ1) is 8.37. The van der Waals surface area contributed by atoms with Gasteiger partial charge in [0.25, 0.3) is 0 Å². The third-order valence-electron chi connectivity index (χ3n) is 2.33. The van der Waals surface area contributed by atoms with Crippen molar-refractivity contribution < 1.29 is 29.2 Å². The molecule has 0 amide bonds. The van der Waals surface area contributed by atoms with Gasteiger partial charge in [0, 0.05) is 6.42 Å². The molecule has 1 N–H and O–H groups in total. The smallest absolute Gasteiger partial charge is 0.306 e. The molecule has 0 saturated heterocycles. The highest BCUT2D eigenvalue weighted by Gasteiger charge is 2.19. The Hall–Kier alpha value is -1.14. The third-order valence-corrected chi connectivity index (χ3v) is 2.33. The molecule has 0 atom stereocenters. The third kappa shape index (κ3) is 10.0. The second-order valence-electron chi connectivity index (χ2n) is 4.48. The van der Waals surface area contributed by atoms with Gasteiger partial charge in [-0.2, -0.15) is 0 Å². The summed E-state index contributed by atoms with van der Waals surface area (Å²) < 4.78 is 5.23. The number of rotatable bonds is 10. The number of carbonyl (C=O) groups excluding carboxylic acids is 1. The quantitative estimate of drug-likeness (QED) is 0.280. The van der Waals surface area contributed by atoms with Gasteiger partial charge >= 0.3 is 11.9 Å². The zero-order valence-corrected chi connectivity index (χ0v) is 11.2. The van der Waals surface area contributed by atoms with E-state index in [0.29, 0.717) is 6.42 Å². The molecule has 6 heteroatoms. The molecule has 0 aliphatic carbocycles. The van der Waals surface area contributed by atoms with Crippen molar-refractivity contribution in [2.24, 2.45) is 0 Å². The molecule has 0 spiro atoms. The average Bonchev–Trinajstić information content (AvgIpc) is 2.26. The number of hydrogen-bond donors (Lipinski definition) is 1. The van der Waals surface area contributed by atoms with Gasteiger partial charge in [-0.3, -0.25) is 9.59 Å². The van der Waals surface area contributed by atoms with Crippen LogP contribution in [0.2, 0.25) is 0 Å². The van der Waals surface area contributed by atoms with Gasteiger partial charge in [0.05, 0.1) is 19.6 Å². The lowest BCUT2D eigenvalue weighted by Crippen LogP contribution is -2.27. The average molecular weight is 262 g/mol. The predicted molar refractivity (Wildman–Crippen MR) is 63.9 cm³/mol. The van der Waals surface area contributed by atoms with Crippen LogP contribution in [0.5, 0.6) is 0 Å². The van der Waals surface area contributed by atoms with E-state index in [1.807, 2.05) is 20.8 Å². The number of aliphatic carboxylic acids is 1. The molecule has 0 aromatic carbocycles. The highest BCUT2D eigenvalue weighted by Crippen LogP contribution is 2.14. The molecular weight excluding hydrogens is 240 g/mol. The fraction of sp³-hybridized carbons (Fsp3) is 0.833. The van der Waals surface area contributed by atoms with E-state index < -0.39 is 11.6 Å². The lowest BCUT2D eigenvalue weighted by Gasteiger charge is -2.23. The lowest BCUT2D eigenvalue weighted by molar-refractivity contribution is -0.294. The standard InChI is InChI=1S/C12H22O6/c1-4-12(2,3)18-11(15)6-5-8-16-17-9-7-10(13)14/h4-9H2,1-3H3,(H,13,14). The number of esters is 1. The molecule has 106 valence electrons. The molecule has 0 saturated carbocycles. The lowest BCUT2D eigenvalue weighted by atomic mass is 10.1. The number of carbonyl (C=O) groups is 2. The van der Waals surface area contributed by atoms with Crippen LogP contribution in [0.4, 0.5) is 0 Å². The fourth-order valence-electron chi connectivity index (χ4n) is 0.954. The first kappa shape index (κ1) is 16.9. The molecular formula is C12H22O6. The molecule has 0 aromatic heterocycles. The largest absolute Gasteiger partial charge is 0.481 e. The Labute approximate surface area is 107 Å². The second-order valence-corrected chi connectivity index (χ2v) is 4.48. The minimum Gasteiger partial charge on any atom is -0.481 e. The van der Waals surface area contributed by atoms with E-state index in [4.69, 9.17) is 14.7 Å². The van der Waals surface area contributed by atoms with E-state index in [9.17, 15) is 9.59 Å². The molecule has 0 aliphatic rings. The molecule has 0 aliphatic heterocycles. The molecule has 0 rings (SSSR count). The van der Waals surface area contributed by atoms with Gasteiger partial charge in [-0.1, -0.05) is 6.92 Å². The van der Waals surface area contributed by atoms with Crippen molar-refractivity contribution >= 4 is 11.9 Å². The molecule has 0 fully saturated rings. The number of hydrogen-bond acceptors (Lipinski definition) is 5. The van der Waals surface area contributed by atoms with Crippen molar-refractivity contribution in [3.8, 4) is 0 Å². The Morgan fingerprint density at radius 2 is 1.72 bits per heavy atom. The maximum Gasteiger partial charge on any atom is 0.306 e. The SMILES string of the molecule is CCC(C)(C)OC(=O)CCCOOCCC(=O)O. The summed E-state index contributed by atoms with van der Waals surface area (Å²) in [5.74, 6) is -1.21. The Morgan fingerprint density at radius 3 is 2.28 bits per heavy atom. The second kappa shape index (κ2) is 8.88. The summed E-state index contributed by atoms with van der Waals surface area (Å²) in [6, 6.07) is 0. The van der Waals surface area contributed by atoms with Gasteiger partial charge in [-0.25, -0.2) is 9.78 Å². The minimum absolute atomic E-state index is 0.00262. The molecule has 0 unspecified atom stereocenters. The minimum atomic E-state index is -0.941. The highest BCUT2D eigenvalue weighted by molar-refractivity contribution is 5.69. The summed E-state index contributed by atoms with van der Waals surface area (Å²) in [4.78, 5) is 30.9. The van der Waals surface area contributed by atoms with Gasteiger partial charge in [0.1, 0.15) is 5.60 Å². The molecule has 18 heavy (non-hydrogen) atoms. The van der Waals surface area contributed by atoms with Gasteiger partial charge in [0.2, 0.25) is 0 Å². The van der Waals surface area contributed by atoms with Crippen LogP contribution in [0.15, 0.2) is 0 Å². The van der Waals surface area contributed by atoms with E-state index in [2.05, 4.69) is 4.89 Å². The molecule has 0 bridgehead atoms. The van der Waals surface area contributed by atoms with E-state index in [0.717, 1.165) is 6.42 Å². The van der Waals surface area contributed by atoms with Crippen molar-refractivity contribution in [3.05, 3.63) is 0 Å². The molecule has 0 radical (unpaired) electrons.